The molecule has 82 valence electrons. The van der Waals surface area contributed by atoms with Gasteiger partial charge in [-0.25, -0.2) is 0 Å². The zero-order valence-electron chi connectivity index (χ0n) is 9.05. The Morgan fingerprint density at radius 3 is 2.60 bits per heavy atom. The zero-order chi connectivity index (χ0) is 10.9. The molecule has 0 fully saturated rings. The van der Waals surface area contributed by atoms with Crippen molar-refractivity contribution in [2.24, 2.45) is 5.41 Å². The lowest BCUT2D eigenvalue weighted by atomic mass is 9.90. The third kappa shape index (κ3) is 2.20. The molecule has 3 heteroatoms. The van der Waals surface area contributed by atoms with Crippen molar-refractivity contribution in [2.75, 3.05) is 13.2 Å². The summed E-state index contributed by atoms with van der Waals surface area (Å²) in [4.78, 5) is 0. The first kappa shape index (κ1) is 10.6. The Labute approximate surface area is 95.1 Å². The standard InChI is InChI=1S/C12H15ClO2/c1-3-12(2)7-14-10-5-4-9(13)6-11(10)15-8-12/h4-6H,3,7-8H2,1-2H3. The molecule has 1 aromatic carbocycles. The minimum absolute atomic E-state index is 0.0888. The third-order valence-electron chi connectivity index (χ3n) is 2.91. The second-order valence-corrected chi connectivity index (χ2v) is 4.77. The summed E-state index contributed by atoms with van der Waals surface area (Å²) in [7, 11) is 0. The van der Waals surface area contributed by atoms with E-state index in [1.54, 1.807) is 6.07 Å². The predicted molar refractivity (Wildman–Crippen MR) is 60.8 cm³/mol. The van der Waals surface area contributed by atoms with Crippen LogP contribution in [0.25, 0.3) is 0 Å². The van der Waals surface area contributed by atoms with Crippen molar-refractivity contribution in [3.05, 3.63) is 23.2 Å². The predicted octanol–water partition coefficient (Wildman–Crippen LogP) is 3.53. The quantitative estimate of drug-likeness (QED) is 0.730. The highest BCUT2D eigenvalue weighted by atomic mass is 35.5. The van der Waals surface area contributed by atoms with E-state index in [2.05, 4.69) is 13.8 Å². The Bertz CT molecular complexity index is 365. The topological polar surface area (TPSA) is 18.5 Å². The summed E-state index contributed by atoms with van der Waals surface area (Å²) in [6.07, 6.45) is 1.04. The molecule has 15 heavy (non-hydrogen) atoms. The molecule has 0 amide bonds. The summed E-state index contributed by atoms with van der Waals surface area (Å²) in [5, 5.41) is 0.678. The first-order valence-corrected chi connectivity index (χ1v) is 5.56. The van der Waals surface area contributed by atoms with Gasteiger partial charge in [0.15, 0.2) is 11.5 Å². The maximum absolute atomic E-state index is 5.90. The maximum atomic E-state index is 5.90. The van der Waals surface area contributed by atoms with Gasteiger partial charge in [-0.15, -0.1) is 0 Å². The maximum Gasteiger partial charge on any atom is 0.162 e. The summed E-state index contributed by atoms with van der Waals surface area (Å²) in [5.74, 6) is 1.54. The van der Waals surface area contributed by atoms with Crippen LogP contribution in [-0.2, 0) is 0 Å². The van der Waals surface area contributed by atoms with E-state index in [0.717, 1.165) is 17.9 Å². The molecule has 0 spiro atoms. The van der Waals surface area contributed by atoms with Gasteiger partial charge in [-0.05, 0) is 18.6 Å². The molecule has 1 unspecified atom stereocenters. The van der Waals surface area contributed by atoms with E-state index in [0.29, 0.717) is 18.2 Å². The van der Waals surface area contributed by atoms with Crippen LogP contribution in [0.2, 0.25) is 5.02 Å². The van der Waals surface area contributed by atoms with Crippen LogP contribution in [0.15, 0.2) is 18.2 Å². The van der Waals surface area contributed by atoms with Crippen molar-refractivity contribution in [3.63, 3.8) is 0 Å². The van der Waals surface area contributed by atoms with Crippen molar-refractivity contribution in [1.82, 2.24) is 0 Å². The molecule has 0 aliphatic carbocycles. The number of rotatable bonds is 1. The molecule has 1 aliphatic rings. The smallest absolute Gasteiger partial charge is 0.162 e. The van der Waals surface area contributed by atoms with Crippen LogP contribution in [-0.4, -0.2) is 13.2 Å². The second kappa shape index (κ2) is 3.93. The molecule has 0 radical (unpaired) electrons. The number of fused-ring (bicyclic) bond motifs is 1. The highest BCUT2D eigenvalue weighted by Crippen LogP contribution is 2.36. The lowest BCUT2D eigenvalue weighted by Crippen LogP contribution is -2.29. The van der Waals surface area contributed by atoms with Gasteiger partial charge in [0.2, 0.25) is 0 Å². The summed E-state index contributed by atoms with van der Waals surface area (Å²) >= 11 is 5.90. The van der Waals surface area contributed by atoms with Crippen LogP contribution in [0, 0.1) is 5.41 Å². The van der Waals surface area contributed by atoms with E-state index in [1.165, 1.54) is 0 Å². The second-order valence-electron chi connectivity index (χ2n) is 4.33. The van der Waals surface area contributed by atoms with E-state index < -0.39 is 0 Å². The van der Waals surface area contributed by atoms with Crippen molar-refractivity contribution in [1.29, 1.82) is 0 Å². The molecule has 0 bridgehead atoms. The summed E-state index contributed by atoms with van der Waals surface area (Å²) < 4.78 is 11.5. The molecule has 0 aromatic heterocycles. The van der Waals surface area contributed by atoms with E-state index in [9.17, 15) is 0 Å². The molecule has 0 saturated carbocycles. The van der Waals surface area contributed by atoms with Crippen LogP contribution < -0.4 is 9.47 Å². The average molecular weight is 227 g/mol. The molecule has 0 N–H and O–H groups in total. The lowest BCUT2D eigenvalue weighted by molar-refractivity contribution is 0.117. The first-order chi connectivity index (χ1) is 7.13. The number of ether oxygens (including phenoxy) is 2. The Morgan fingerprint density at radius 2 is 1.93 bits per heavy atom. The molecule has 1 aliphatic heterocycles. The van der Waals surface area contributed by atoms with Gasteiger partial charge in [0.05, 0.1) is 13.2 Å². The van der Waals surface area contributed by atoms with Crippen molar-refractivity contribution in [3.8, 4) is 11.5 Å². The molecule has 2 nitrogen and oxygen atoms in total. The average Bonchev–Trinajstić information content (AvgIpc) is 2.40. The summed E-state index contributed by atoms with van der Waals surface area (Å²) in [5.41, 5.74) is 0.0888. The highest BCUT2D eigenvalue weighted by molar-refractivity contribution is 6.30. The third-order valence-corrected chi connectivity index (χ3v) is 3.15. The molecular weight excluding hydrogens is 212 g/mol. The summed E-state index contributed by atoms with van der Waals surface area (Å²) in [6.45, 7) is 5.69. The number of benzene rings is 1. The van der Waals surface area contributed by atoms with Gasteiger partial charge in [-0.1, -0.05) is 25.4 Å². The van der Waals surface area contributed by atoms with Gasteiger partial charge in [0, 0.05) is 16.5 Å². The number of hydrogen-bond donors (Lipinski definition) is 0. The van der Waals surface area contributed by atoms with Crippen molar-refractivity contribution in [2.45, 2.75) is 20.3 Å². The Morgan fingerprint density at radius 1 is 1.27 bits per heavy atom. The molecule has 0 saturated heterocycles. The minimum Gasteiger partial charge on any atom is -0.489 e. The molecule has 2 rings (SSSR count). The normalized spacial score (nSPS) is 24.7. The van der Waals surface area contributed by atoms with Crippen LogP contribution in [0.4, 0.5) is 0 Å². The Hall–Kier alpha value is -0.890. The summed E-state index contributed by atoms with van der Waals surface area (Å²) in [6, 6.07) is 5.48. The lowest BCUT2D eigenvalue weighted by Gasteiger charge is -2.23. The van der Waals surface area contributed by atoms with Gasteiger partial charge in [-0.2, -0.15) is 0 Å². The fourth-order valence-electron chi connectivity index (χ4n) is 1.46. The van der Waals surface area contributed by atoms with Gasteiger partial charge in [-0.3, -0.25) is 0 Å². The van der Waals surface area contributed by atoms with E-state index in [-0.39, 0.29) is 5.41 Å². The van der Waals surface area contributed by atoms with Crippen LogP contribution in [0.3, 0.4) is 0 Å². The minimum atomic E-state index is 0.0888. The fourth-order valence-corrected chi connectivity index (χ4v) is 1.63. The Balaban J connectivity index is 2.25. The van der Waals surface area contributed by atoms with Crippen LogP contribution in [0.1, 0.15) is 20.3 Å². The van der Waals surface area contributed by atoms with Crippen LogP contribution in [0.5, 0.6) is 11.5 Å². The Kier molecular flexibility index (Phi) is 2.79. The monoisotopic (exact) mass is 226 g/mol. The van der Waals surface area contributed by atoms with Gasteiger partial charge in [0.1, 0.15) is 0 Å². The molecule has 1 aromatic rings. The SMILES string of the molecule is CCC1(C)COc2ccc(Cl)cc2OC1. The molecule has 1 atom stereocenters. The van der Waals surface area contributed by atoms with Gasteiger partial charge >= 0.3 is 0 Å². The molecular formula is C12H15ClO2. The van der Waals surface area contributed by atoms with Gasteiger partial charge in [0.25, 0.3) is 0 Å². The fraction of sp³-hybridized carbons (Fsp3) is 0.500. The van der Waals surface area contributed by atoms with E-state index in [1.807, 2.05) is 12.1 Å². The highest BCUT2D eigenvalue weighted by Gasteiger charge is 2.28. The van der Waals surface area contributed by atoms with E-state index in [4.69, 9.17) is 21.1 Å². The van der Waals surface area contributed by atoms with Crippen LogP contribution >= 0.6 is 11.6 Å². The first-order valence-electron chi connectivity index (χ1n) is 5.18. The van der Waals surface area contributed by atoms with Crippen molar-refractivity contribution >= 4 is 11.6 Å². The van der Waals surface area contributed by atoms with Gasteiger partial charge < -0.3 is 9.47 Å². The number of hydrogen-bond acceptors (Lipinski definition) is 2. The van der Waals surface area contributed by atoms with Crippen molar-refractivity contribution < 1.29 is 9.47 Å². The number of halogens is 1. The largest absolute Gasteiger partial charge is 0.489 e. The van der Waals surface area contributed by atoms with E-state index >= 15 is 0 Å². The zero-order valence-corrected chi connectivity index (χ0v) is 9.80. The molecule has 1 heterocycles.